The van der Waals surface area contributed by atoms with Gasteiger partial charge in [0, 0.05) is 0 Å². The Morgan fingerprint density at radius 1 is 0.850 bits per heavy atom. The monoisotopic (exact) mass is 276 g/mol. The summed E-state index contributed by atoms with van der Waals surface area (Å²) in [6.07, 6.45) is 22.7. The molecular formula is C19H32O. The van der Waals surface area contributed by atoms with E-state index in [-0.39, 0.29) is 0 Å². The van der Waals surface area contributed by atoms with Crippen LogP contribution < -0.4 is 0 Å². The van der Waals surface area contributed by atoms with Crippen molar-refractivity contribution in [1.82, 2.24) is 0 Å². The van der Waals surface area contributed by atoms with E-state index in [4.69, 9.17) is 4.42 Å². The molecule has 0 saturated carbocycles. The summed E-state index contributed by atoms with van der Waals surface area (Å²) in [5.74, 6) is 0.966. The predicted molar refractivity (Wildman–Crippen MR) is 88.8 cm³/mol. The molecule has 20 heavy (non-hydrogen) atoms. The molecule has 1 aromatic rings. The Morgan fingerprint density at radius 3 is 2.00 bits per heavy atom. The first-order chi connectivity index (χ1) is 9.93. The largest absolute Gasteiger partial charge is 0.465 e. The summed E-state index contributed by atoms with van der Waals surface area (Å²) in [5.41, 5.74) is 0. The van der Waals surface area contributed by atoms with Gasteiger partial charge in [0.2, 0.25) is 0 Å². The molecule has 0 aliphatic rings. The second kappa shape index (κ2) is 13.0. The van der Waals surface area contributed by atoms with Crippen LogP contribution in [0.5, 0.6) is 0 Å². The van der Waals surface area contributed by atoms with Gasteiger partial charge in [-0.15, -0.1) is 0 Å². The van der Waals surface area contributed by atoms with Gasteiger partial charge in [-0.25, -0.2) is 0 Å². The van der Waals surface area contributed by atoms with Crippen LogP contribution in [0.15, 0.2) is 28.9 Å². The quantitative estimate of drug-likeness (QED) is 0.354. The molecule has 0 atom stereocenters. The van der Waals surface area contributed by atoms with Crippen molar-refractivity contribution in [2.45, 2.75) is 84.0 Å². The smallest absolute Gasteiger partial charge is 0.126 e. The summed E-state index contributed by atoms with van der Waals surface area (Å²) < 4.78 is 5.25. The molecule has 0 radical (unpaired) electrons. The molecule has 0 aromatic carbocycles. The average Bonchev–Trinajstić information content (AvgIpc) is 2.97. The van der Waals surface area contributed by atoms with Crippen molar-refractivity contribution in [1.29, 1.82) is 0 Å². The lowest BCUT2D eigenvalue weighted by molar-refractivity contribution is 0.550. The van der Waals surface area contributed by atoms with Gasteiger partial charge in [0.25, 0.3) is 0 Å². The molecule has 0 fully saturated rings. The molecule has 0 aliphatic carbocycles. The van der Waals surface area contributed by atoms with E-state index < -0.39 is 0 Å². The minimum absolute atomic E-state index is 0.966. The minimum Gasteiger partial charge on any atom is -0.465 e. The van der Waals surface area contributed by atoms with Crippen LogP contribution in [0.25, 0.3) is 6.08 Å². The van der Waals surface area contributed by atoms with E-state index in [1.165, 1.54) is 77.0 Å². The first-order valence-electron chi connectivity index (χ1n) is 8.63. The highest BCUT2D eigenvalue weighted by Gasteiger charge is 1.92. The maximum absolute atomic E-state index is 5.25. The van der Waals surface area contributed by atoms with Crippen LogP contribution in [0.2, 0.25) is 0 Å². The third-order valence-corrected chi connectivity index (χ3v) is 3.80. The zero-order valence-electron chi connectivity index (χ0n) is 13.3. The van der Waals surface area contributed by atoms with E-state index in [0.717, 1.165) is 5.76 Å². The fraction of sp³-hybridized carbons (Fsp3) is 0.684. The number of hydrogen-bond acceptors (Lipinski definition) is 1. The highest BCUT2D eigenvalue weighted by atomic mass is 16.3. The fourth-order valence-electron chi connectivity index (χ4n) is 2.51. The van der Waals surface area contributed by atoms with E-state index in [1.54, 1.807) is 6.26 Å². The SMILES string of the molecule is CCCCCCCCCCCCC/C=C\c1ccco1. The molecule has 0 amide bonds. The minimum atomic E-state index is 0.966. The first-order valence-corrected chi connectivity index (χ1v) is 8.63. The Hall–Kier alpha value is -0.980. The Kier molecular flexibility index (Phi) is 11.1. The third kappa shape index (κ3) is 9.89. The topological polar surface area (TPSA) is 13.1 Å². The number of rotatable bonds is 13. The van der Waals surface area contributed by atoms with Crippen molar-refractivity contribution in [2.24, 2.45) is 0 Å². The molecule has 1 nitrogen and oxygen atoms in total. The average molecular weight is 276 g/mol. The van der Waals surface area contributed by atoms with E-state index in [1.807, 2.05) is 12.1 Å². The van der Waals surface area contributed by atoms with Gasteiger partial charge in [0.05, 0.1) is 6.26 Å². The standard InChI is InChI=1S/C19H32O/c1-2-3-4-5-6-7-8-9-10-11-12-13-14-16-19-17-15-18-20-19/h14-18H,2-13H2,1H3/b16-14-. The van der Waals surface area contributed by atoms with E-state index in [9.17, 15) is 0 Å². The lowest BCUT2D eigenvalue weighted by Gasteiger charge is -2.01. The third-order valence-electron chi connectivity index (χ3n) is 3.80. The van der Waals surface area contributed by atoms with Gasteiger partial charge >= 0.3 is 0 Å². The lowest BCUT2D eigenvalue weighted by atomic mass is 10.1. The van der Waals surface area contributed by atoms with Gasteiger partial charge < -0.3 is 4.42 Å². The first kappa shape index (κ1) is 17.1. The molecular weight excluding hydrogens is 244 g/mol. The summed E-state index contributed by atoms with van der Waals surface area (Å²) in [5, 5.41) is 0. The Bertz CT molecular complexity index is 311. The number of allylic oxidation sites excluding steroid dienone is 1. The molecule has 0 saturated heterocycles. The van der Waals surface area contributed by atoms with Gasteiger partial charge in [-0.1, -0.05) is 77.2 Å². The summed E-state index contributed by atoms with van der Waals surface area (Å²) in [7, 11) is 0. The van der Waals surface area contributed by atoms with Gasteiger partial charge in [-0.2, -0.15) is 0 Å². The summed E-state index contributed by atoms with van der Waals surface area (Å²) >= 11 is 0. The maximum Gasteiger partial charge on any atom is 0.126 e. The van der Waals surface area contributed by atoms with Crippen LogP contribution in [0.4, 0.5) is 0 Å². The summed E-state index contributed by atoms with van der Waals surface area (Å²) in [6.45, 7) is 2.28. The molecule has 1 aromatic heterocycles. The summed E-state index contributed by atoms with van der Waals surface area (Å²) in [6, 6.07) is 3.93. The lowest BCUT2D eigenvalue weighted by Crippen LogP contribution is -1.81. The van der Waals surface area contributed by atoms with Crippen molar-refractivity contribution in [3.63, 3.8) is 0 Å². The molecule has 0 bridgehead atoms. The normalized spacial score (nSPS) is 11.4. The van der Waals surface area contributed by atoms with Gasteiger partial charge in [0.15, 0.2) is 0 Å². The fourth-order valence-corrected chi connectivity index (χ4v) is 2.51. The van der Waals surface area contributed by atoms with Crippen LogP contribution in [0, 0.1) is 0 Å². The highest BCUT2D eigenvalue weighted by Crippen LogP contribution is 2.12. The van der Waals surface area contributed by atoms with Crippen molar-refractivity contribution < 1.29 is 4.42 Å². The second-order valence-corrected chi connectivity index (χ2v) is 5.74. The molecule has 0 spiro atoms. The van der Waals surface area contributed by atoms with E-state index >= 15 is 0 Å². The second-order valence-electron chi connectivity index (χ2n) is 5.74. The molecule has 1 heteroatoms. The zero-order valence-corrected chi connectivity index (χ0v) is 13.3. The van der Waals surface area contributed by atoms with Crippen molar-refractivity contribution in [3.05, 3.63) is 30.2 Å². The molecule has 1 rings (SSSR count). The number of unbranched alkanes of at least 4 members (excludes halogenated alkanes) is 11. The molecule has 0 aliphatic heterocycles. The Morgan fingerprint density at radius 2 is 1.45 bits per heavy atom. The highest BCUT2D eigenvalue weighted by molar-refractivity contribution is 5.41. The Labute approximate surface area is 125 Å². The molecule has 0 unspecified atom stereocenters. The predicted octanol–water partition coefficient (Wildman–Crippen LogP) is 6.99. The van der Waals surface area contributed by atoms with Gasteiger partial charge in [-0.05, 0) is 31.1 Å². The maximum atomic E-state index is 5.25. The number of hydrogen-bond donors (Lipinski definition) is 0. The van der Waals surface area contributed by atoms with Crippen LogP contribution >= 0.6 is 0 Å². The Balaban J connectivity index is 1.76. The van der Waals surface area contributed by atoms with Crippen molar-refractivity contribution in [2.75, 3.05) is 0 Å². The zero-order chi connectivity index (χ0) is 14.3. The van der Waals surface area contributed by atoms with E-state index in [0.29, 0.717) is 0 Å². The van der Waals surface area contributed by atoms with Crippen LogP contribution in [-0.4, -0.2) is 0 Å². The van der Waals surface area contributed by atoms with Gasteiger partial charge in [-0.3, -0.25) is 0 Å². The van der Waals surface area contributed by atoms with Gasteiger partial charge in [0.1, 0.15) is 5.76 Å². The van der Waals surface area contributed by atoms with Crippen molar-refractivity contribution in [3.8, 4) is 0 Å². The summed E-state index contributed by atoms with van der Waals surface area (Å²) in [4.78, 5) is 0. The van der Waals surface area contributed by atoms with Crippen LogP contribution in [-0.2, 0) is 0 Å². The molecule has 1 heterocycles. The number of furan rings is 1. The molecule has 114 valence electrons. The van der Waals surface area contributed by atoms with Crippen molar-refractivity contribution >= 4 is 6.08 Å². The van der Waals surface area contributed by atoms with Crippen LogP contribution in [0.3, 0.4) is 0 Å². The van der Waals surface area contributed by atoms with Crippen LogP contribution in [0.1, 0.15) is 89.7 Å². The molecule has 0 N–H and O–H groups in total. The van der Waals surface area contributed by atoms with E-state index in [2.05, 4.69) is 19.1 Å².